The Morgan fingerprint density at radius 1 is 1.38 bits per heavy atom. The van der Waals surface area contributed by atoms with Gasteiger partial charge in [-0.15, -0.1) is 0 Å². The third-order valence-corrected chi connectivity index (χ3v) is 1.47. The molecule has 0 aromatic heterocycles. The van der Waals surface area contributed by atoms with Crippen LogP contribution in [0.3, 0.4) is 0 Å². The number of hydrogen-bond acceptors (Lipinski definition) is 3. The first-order valence-corrected chi connectivity index (χ1v) is 4.62. The smallest absolute Gasteiger partial charge is 0.0731 e. The minimum absolute atomic E-state index is 0.176. The first-order valence-electron chi connectivity index (χ1n) is 4.62. The maximum Gasteiger partial charge on any atom is 0.0731 e. The lowest BCUT2D eigenvalue weighted by Gasteiger charge is -2.08. The Hall–Kier alpha value is -0.640. The van der Waals surface area contributed by atoms with Gasteiger partial charge in [-0.05, 0) is 20.9 Å². The summed E-state index contributed by atoms with van der Waals surface area (Å²) in [5.74, 6) is 0. The molecule has 0 aliphatic rings. The summed E-state index contributed by atoms with van der Waals surface area (Å²) < 4.78 is 5.47. The number of nitrogens with one attached hydrogen (secondary N) is 2. The van der Waals surface area contributed by atoms with Crippen molar-refractivity contribution in [2.45, 2.75) is 20.0 Å². The fraction of sp³-hybridized carbons (Fsp3) is 0.600. The molecule has 0 aliphatic carbocycles. The van der Waals surface area contributed by atoms with Crippen molar-refractivity contribution < 1.29 is 4.74 Å². The predicted octanol–water partition coefficient (Wildman–Crippen LogP) is 1.25. The van der Waals surface area contributed by atoms with Crippen molar-refractivity contribution >= 4 is 0 Å². The van der Waals surface area contributed by atoms with Crippen LogP contribution in [-0.2, 0) is 4.74 Å². The highest BCUT2D eigenvalue weighted by Crippen LogP contribution is 1.92. The first kappa shape index (κ1) is 12.4. The first-order chi connectivity index (χ1) is 6.31. The molecule has 76 valence electrons. The predicted molar refractivity (Wildman–Crippen MR) is 56.4 cm³/mol. The average molecular weight is 184 g/mol. The Kier molecular flexibility index (Phi) is 8.98. The quantitative estimate of drug-likeness (QED) is 0.355. The Morgan fingerprint density at radius 3 is 2.77 bits per heavy atom. The van der Waals surface area contributed by atoms with Crippen LogP contribution in [0.15, 0.2) is 24.3 Å². The van der Waals surface area contributed by atoms with Crippen LogP contribution in [0, 0.1) is 0 Å². The van der Waals surface area contributed by atoms with Crippen LogP contribution in [0.1, 0.15) is 13.8 Å². The molecule has 0 spiro atoms. The van der Waals surface area contributed by atoms with Crippen molar-refractivity contribution in [3.05, 3.63) is 24.3 Å². The zero-order valence-corrected chi connectivity index (χ0v) is 8.71. The fourth-order valence-electron chi connectivity index (χ4n) is 0.808. The highest BCUT2D eigenvalue weighted by atomic mass is 16.5. The summed E-state index contributed by atoms with van der Waals surface area (Å²) in [5.41, 5.74) is 5.79. The van der Waals surface area contributed by atoms with Gasteiger partial charge in [0.2, 0.25) is 0 Å². The second-order valence-electron chi connectivity index (χ2n) is 2.66. The molecule has 0 saturated heterocycles. The van der Waals surface area contributed by atoms with E-state index in [2.05, 4.69) is 10.9 Å². The van der Waals surface area contributed by atoms with Crippen LogP contribution in [0.4, 0.5) is 0 Å². The van der Waals surface area contributed by atoms with Crippen LogP contribution < -0.4 is 10.9 Å². The number of ether oxygens (including phenoxy) is 1. The van der Waals surface area contributed by atoms with Gasteiger partial charge in [-0.3, -0.25) is 10.9 Å². The molecule has 0 aromatic rings. The average Bonchev–Trinajstić information content (AvgIpc) is 2.13. The molecule has 0 rings (SSSR count). The van der Waals surface area contributed by atoms with E-state index in [9.17, 15) is 0 Å². The lowest BCUT2D eigenvalue weighted by Crippen LogP contribution is -2.31. The topological polar surface area (TPSA) is 33.3 Å². The molecule has 0 fully saturated rings. The number of allylic oxidation sites excluding steroid dienone is 3. The molecule has 0 heterocycles. The molecular formula is C10H20N2O. The standard InChI is InChI=1S/C10H20N2O/c1-4-5-6-7-10(2)13-9-8-12-11-3/h4-7,10-12H,8-9H2,1-3H3/b5-4-,7-6-. The molecule has 1 atom stereocenters. The van der Waals surface area contributed by atoms with E-state index in [0.717, 1.165) is 6.54 Å². The van der Waals surface area contributed by atoms with Gasteiger partial charge >= 0.3 is 0 Å². The highest BCUT2D eigenvalue weighted by Gasteiger charge is 1.93. The van der Waals surface area contributed by atoms with E-state index in [4.69, 9.17) is 4.74 Å². The Labute approximate surface area is 80.8 Å². The number of hydrogen-bond donors (Lipinski definition) is 2. The number of hydrazine groups is 1. The molecule has 13 heavy (non-hydrogen) atoms. The van der Waals surface area contributed by atoms with Crippen molar-refractivity contribution in [3.8, 4) is 0 Å². The lowest BCUT2D eigenvalue weighted by molar-refractivity contribution is 0.0978. The van der Waals surface area contributed by atoms with Gasteiger partial charge in [-0.25, -0.2) is 0 Å². The van der Waals surface area contributed by atoms with Crippen molar-refractivity contribution in [1.82, 2.24) is 10.9 Å². The molecule has 0 bridgehead atoms. The van der Waals surface area contributed by atoms with E-state index < -0.39 is 0 Å². The zero-order chi connectivity index (χ0) is 9.94. The summed E-state index contributed by atoms with van der Waals surface area (Å²) in [6.07, 6.45) is 8.18. The monoisotopic (exact) mass is 184 g/mol. The van der Waals surface area contributed by atoms with Crippen molar-refractivity contribution in [2.75, 3.05) is 20.2 Å². The van der Waals surface area contributed by atoms with E-state index in [1.165, 1.54) is 0 Å². The molecule has 0 saturated carbocycles. The molecule has 3 heteroatoms. The van der Waals surface area contributed by atoms with Gasteiger partial charge in [0.05, 0.1) is 12.7 Å². The van der Waals surface area contributed by atoms with Gasteiger partial charge in [0.25, 0.3) is 0 Å². The van der Waals surface area contributed by atoms with Gasteiger partial charge in [0.15, 0.2) is 0 Å². The summed E-state index contributed by atoms with van der Waals surface area (Å²) in [6, 6.07) is 0. The SMILES string of the molecule is C/C=C\C=C/C(C)OCCNNC. The second kappa shape index (κ2) is 9.45. The molecule has 0 aliphatic heterocycles. The summed E-state index contributed by atoms with van der Waals surface area (Å²) in [6.45, 7) is 5.55. The number of rotatable bonds is 7. The van der Waals surface area contributed by atoms with Crippen LogP contribution in [0.25, 0.3) is 0 Å². The van der Waals surface area contributed by atoms with E-state index in [1.54, 1.807) is 0 Å². The van der Waals surface area contributed by atoms with E-state index in [1.807, 2.05) is 45.2 Å². The fourth-order valence-corrected chi connectivity index (χ4v) is 0.808. The summed E-state index contributed by atoms with van der Waals surface area (Å²) in [4.78, 5) is 0. The molecule has 1 unspecified atom stereocenters. The lowest BCUT2D eigenvalue weighted by atomic mass is 10.3. The summed E-state index contributed by atoms with van der Waals surface area (Å²) in [7, 11) is 1.84. The normalized spacial score (nSPS) is 14.4. The Balaban J connectivity index is 3.34. The van der Waals surface area contributed by atoms with Gasteiger partial charge in [-0.1, -0.05) is 24.3 Å². The van der Waals surface area contributed by atoms with Gasteiger partial charge in [-0.2, -0.15) is 0 Å². The minimum Gasteiger partial charge on any atom is -0.373 e. The molecule has 3 nitrogen and oxygen atoms in total. The largest absolute Gasteiger partial charge is 0.373 e. The van der Waals surface area contributed by atoms with E-state index >= 15 is 0 Å². The van der Waals surface area contributed by atoms with E-state index in [0.29, 0.717) is 6.61 Å². The van der Waals surface area contributed by atoms with Gasteiger partial charge in [0, 0.05) is 6.54 Å². The molecule has 0 radical (unpaired) electrons. The van der Waals surface area contributed by atoms with Crippen molar-refractivity contribution in [1.29, 1.82) is 0 Å². The summed E-state index contributed by atoms with van der Waals surface area (Å²) >= 11 is 0. The summed E-state index contributed by atoms with van der Waals surface area (Å²) in [5, 5.41) is 0. The zero-order valence-electron chi connectivity index (χ0n) is 8.71. The molecule has 0 amide bonds. The van der Waals surface area contributed by atoms with Gasteiger partial charge < -0.3 is 4.74 Å². The van der Waals surface area contributed by atoms with Gasteiger partial charge in [0.1, 0.15) is 0 Å². The van der Waals surface area contributed by atoms with E-state index in [-0.39, 0.29) is 6.10 Å². The third kappa shape index (κ3) is 9.27. The maximum atomic E-state index is 5.47. The molecule has 0 aromatic carbocycles. The van der Waals surface area contributed by atoms with Crippen LogP contribution in [0.2, 0.25) is 0 Å². The third-order valence-electron chi connectivity index (χ3n) is 1.47. The van der Waals surface area contributed by atoms with Crippen molar-refractivity contribution in [2.24, 2.45) is 0 Å². The molecule has 2 N–H and O–H groups in total. The molecular weight excluding hydrogens is 164 g/mol. The Bertz CT molecular complexity index is 155. The Morgan fingerprint density at radius 2 is 2.15 bits per heavy atom. The van der Waals surface area contributed by atoms with Crippen LogP contribution in [0.5, 0.6) is 0 Å². The van der Waals surface area contributed by atoms with Crippen LogP contribution in [-0.4, -0.2) is 26.3 Å². The van der Waals surface area contributed by atoms with Crippen molar-refractivity contribution in [3.63, 3.8) is 0 Å². The second-order valence-corrected chi connectivity index (χ2v) is 2.66. The minimum atomic E-state index is 0.176. The van der Waals surface area contributed by atoms with Crippen LogP contribution >= 0.6 is 0 Å². The maximum absolute atomic E-state index is 5.47. The highest BCUT2D eigenvalue weighted by molar-refractivity contribution is 5.03.